The van der Waals surface area contributed by atoms with Gasteiger partial charge in [-0.2, -0.15) is 0 Å². The Bertz CT molecular complexity index is 1340. The number of para-hydroxylation sites is 1. The zero-order valence-corrected chi connectivity index (χ0v) is 18.2. The van der Waals surface area contributed by atoms with Crippen LogP contribution in [0, 0.1) is 0 Å². The van der Waals surface area contributed by atoms with Gasteiger partial charge >= 0.3 is 5.69 Å². The highest BCUT2D eigenvalue weighted by molar-refractivity contribution is 6.31. The van der Waals surface area contributed by atoms with Crippen LogP contribution in [0.1, 0.15) is 0 Å². The molecule has 0 radical (unpaired) electrons. The summed E-state index contributed by atoms with van der Waals surface area (Å²) in [6, 6.07) is 10.5. The molecule has 2 amide bonds. The normalized spacial score (nSPS) is 13.8. The fourth-order valence-electron chi connectivity index (χ4n) is 3.65. The number of morpholine rings is 1. The summed E-state index contributed by atoms with van der Waals surface area (Å²) in [6.45, 7) is 0.635. The monoisotopic (exact) mass is 472 g/mol. The molecule has 11 heteroatoms. The summed E-state index contributed by atoms with van der Waals surface area (Å²) in [6.07, 6.45) is 0. The molecule has 2 heterocycles. The minimum Gasteiger partial charge on any atom is -0.506 e. The van der Waals surface area contributed by atoms with Crippen molar-refractivity contribution in [2.24, 2.45) is 0 Å². The first-order chi connectivity index (χ1) is 15.8. The van der Waals surface area contributed by atoms with E-state index in [4.69, 9.17) is 16.3 Å². The first-order valence-electron chi connectivity index (χ1n) is 10.2. The van der Waals surface area contributed by atoms with Gasteiger partial charge in [0.2, 0.25) is 11.8 Å². The largest absolute Gasteiger partial charge is 0.506 e. The van der Waals surface area contributed by atoms with E-state index in [1.165, 1.54) is 29.2 Å². The van der Waals surface area contributed by atoms with Gasteiger partial charge < -0.3 is 20.1 Å². The van der Waals surface area contributed by atoms with E-state index in [-0.39, 0.29) is 28.2 Å². The molecule has 0 saturated carbocycles. The molecule has 10 nitrogen and oxygen atoms in total. The van der Waals surface area contributed by atoms with E-state index in [0.717, 1.165) is 9.13 Å². The van der Waals surface area contributed by atoms with E-state index < -0.39 is 30.2 Å². The van der Waals surface area contributed by atoms with Crippen molar-refractivity contribution in [3.63, 3.8) is 0 Å². The van der Waals surface area contributed by atoms with Crippen molar-refractivity contribution in [1.82, 2.24) is 14.0 Å². The molecule has 1 saturated heterocycles. The van der Waals surface area contributed by atoms with Gasteiger partial charge in [0.15, 0.2) is 0 Å². The molecule has 1 aliphatic rings. The lowest BCUT2D eigenvalue weighted by Crippen LogP contribution is -2.48. The van der Waals surface area contributed by atoms with Crippen molar-refractivity contribution in [2.45, 2.75) is 13.1 Å². The maximum absolute atomic E-state index is 13.2. The molecule has 3 aromatic rings. The molecule has 2 N–H and O–H groups in total. The van der Waals surface area contributed by atoms with Crippen molar-refractivity contribution >= 4 is 40.0 Å². The van der Waals surface area contributed by atoms with E-state index in [9.17, 15) is 24.3 Å². The maximum atomic E-state index is 13.2. The summed E-state index contributed by atoms with van der Waals surface area (Å²) in [5.41, 5.74) is -1.05. The summed E-state index contributed by atoms with van der Waals surface area (Å²) in [5.74, 6) is -1.19. The summed E-state index contributed by atoms with van der Waals surface area (Å²) in [5, 5.41) is 13.0. The molecule has 172 valence electrons. The van der Waals surface area contributed by atoms with Gasteiger partial charge in [0, 0.05) is 18.1 Å². The molecule has 0 unspecified atom stereocenters. The lowest BCUT2D eigenvalue weighted by Gasteiger charge is -2.27. The number of nitrogens with one attached hydrogen (secondary N) is 1. The summed E-state index contributed by atoms with van der Waals surface area (Å²) >= 11 is 5.92. The number of ether oxygens (including phenoxy) is 1. The van der Waals surface area contributed by atoms with Crippen LogP contribution >= 0.6 is 11.6 Å². The van der Waals surface area contributed by atoms with E-state index in [1.54, 1.807) is 18.2 Å². The van der Waals surface area contributed by atoms with Crippen molar-refractivity contribution in [1.29, 1.82) is 0 Å². The zero-order valence-electron chi connectivity index (χ0n) is 17.5. The third-order valence-corrected chi connectivity index (χ3v) is 5.56. The van der Waals surface area contributed by atoms with Crippen molar-refractivity contribution < 1.29 is 19.4 Å². The molecular weight excluding hydrogens is 452 g/mol. The number of aromatic hydroxyl groups is 1. The highest BCUT2D eigenvalue weighted by Gasteiger charge is 2.21. The van der Waals surface area contributed by atoms with Crippen LogP contribution in [0.3, 0.4) is 0 Å². The number of aromatic nitrogens is 2. The number of hydrogen-bond acceptors (Lipinski definition) is 6. The third-order valence-electron chi connectivity index (χ3n) is 5.32. The van der Waals surface area contributed by atoms with Crippen LogP contribution in [0.25, 0.3) is 10.9 Å². The Balaban J connectivity index is 1.69. The Kier molecular flexibility index (Phi) is 6.47. The second-order valence-corrected chi connectivity index (χ2v) is 7.92. The fraction of sp³-hybridized carbons (Fsp3) is 0.273. The molecule has 0 aliphatic carbocycles. The molecule has 1 aliphatic heterocycles. The number of phenols is 1. The van der Waals surface area contributed by atoms with E-state index in [0.29, 0.717) is 31.3 Å². The van der Waals surface area contributed by atoms with E-state index in [1.807, 2.05) is 0 Å². The number of amides is 2. The van der Waals surface area contributed by atoms with Gasteiger partial charge in [-0.05, 0) is 30.3 Å². The Morgan fingerprint density at radius 1 is 1.03 bits per heavy atom. The van der Waals surface area contributed by atoms with Crippen LogP contribution in [0.5, 0.6) is 5.75 Å². The number of benzene rings is 2. The molecule has 0 bridgehead atoms. The molecule has 0 spiro atoms. The van der Waals surface area contributed by atoms with E-state index in [2.05, 4.69) is 5.32 Å². The predicted octanol–water partition coefficient (Wildman–Crippen LogP) is 1.02. The lowest BCUT2D eigenvalue weighted by molar-refractivity contribution is -0.136. The van der Waals surface area contributed by atoms with Crippen molar-refractivity contribution in [3.8, 4) is 5.75 Å². The summed E-state index contributed by atoms with van der Waals surface area (Å²) in [4.78, 5) is 53.1. The SMILES string of the molecule is O=C(Cn1c(=O)n(CC(=O)N2CCOCC2)c(=O)c2ccccc21)Nc1cc(Cl)ccc1O. The van der Waals surface area contributed by atoms with Crippen molar-refractivity contribution in [3.05, 3.63) is 68.3 Å². The Morgan fingerprint density at radius 2 is 1.76 bits per heavy atom. The molecular formula is C22H21ClN4O6. The smallest absolute Gasteiger partial charge is 0.332 e. The topological polar surface area (TPSA) is 123 Å². The zero-order chi connectivity index (χ0) is 23.5. The average molecular weight is 473 g/mol. The highest BCUT2D eigenvalue weighted by atomic mass is 35.5. The summed E-state index contributed by atoms with van der Waals surface area (Å²) in [7, 11) is 0. The van der Waals surface area contributed by atoms with E-state index >= 15 is 0 Å². The molecule has 4 rings (SSSR count). The number of phenolic OH excluding ortho intramolecular Hbond substituents is 1. The van der Waals surface area contributed by atoms with Gasteiger partial charge in [0.25, 0.3) is 5.56 Å². The number of carbonyl (C=O) groups excluding carboxylic acids is 2. The number of anilines is 1. The number of carbonyl (C=O) groups is 2. The Labute approximate surface area is 192 Å². The second kappa shape index (κ2) is 9.47. The fourth-order valence-corrected chi connectivity index (χ4v) is 3.82. The second-order valence-electron chi connectivity index (χ2n) is 7.48. The number of rotatable bonds is 5. The number of hydrogen-bond donors (Lipinski definition) is 2. The Morgan fingerprint density at radius 3 is 2.52 bits per heavy atom. The molecule has 2 aromatic carbocycles. The standard InChI is InChI=1S/C22H21ClN4O6/c23-14-5-6-18(28)16(11-14)24-19(29)12-26-17-4-2-1-3-15(17)21(31)27(22(26)32)13-20(30)25-7-9-33-10-8-25/h1-6,11,28H,7-10,12-13H2,(H,24,29). The Hall–Kier alpha value is -3.63. The van der Waals surface area contributed by atoms with Gasteiger partial charge in [0.05, 0.1) is 29.8 Å². The molecule has 0 atom stereocenters. The third kappa shape index (κ3) is 4.76. The van der Waals surface area contributed by atoms with Crippen LogP contribution in [-0.2, 0) is 27.4 Å². The van der Waals surface area contributed by atoms with Crippen LogP contribution in [0.2, 0.25) is 5.02 Å². The number of halogens is 1. The quantitative estimate of drug-likeness (QED) is 0.534. The minimum atomic E-state index is -0.786. The van der Waals surface area contributed by atoms with Crippen molar-refractivity contribution in [2.75, 3.05) is 31.6 Å². The molecule has 33 heavy (non-hydrogen) atoms. The van der Waals surface area contributed by atoms with Crippen LogP contribution in [0.4, 0.5) is 5.69 Å². The number of fused-ring (bicyclic) bond motifs is 1. The predicted molar refractivity (Wildman–Crippen MR) is 122 cm³/mol. The average Bonchev–Trinajstić information content (AvgIpc) is 2.82. The van der Waals surface area contributed by atoms with Crippen LogP contribution in [0.15, 0.2) is 52.1 Å². The first kappa shape index (κ1) is 22.6. The highest BCUT2D eigenvalue weighted by Crippen LogP contribution is 2.26. The molecule has 1 fully saturated rings. The van der Waals surface area contributed by atoms with Gasteiger partial charge in [0.1, 0.15) is 18.8 Å². The van der Waals surface area contributed by atoms with Gasteiger partial charge in [-0.3, -0.25) is 23.5 Å². The van der Waals surface area contributed by atoms with Gasteiger partial charge in [-0.1, -0.05) is 23.7 Å². The molecule has 1 aromatic heterocycles. The lowest BCUT2D eigenvalue weighted by atomic mass is 10.2. The van der Waals surface area contributed by atoms with Gasteiger partial charge in [-0.15, -0.1) is 0 Å². The number of nitrogens with zero attached hydrogens (tertiary/aromatic N) is 3. The summed E-state index contributed by atoms with van der Waals surface area (Å²) < 4.78 is 7.20. The van der Waals surface area contributed by atoms with Crippen LogP contribution in [-0.4, -0.2) is 57.3 Å². The minimum absolute atomic E-state index is 0.0840. The first-order valence-corrected chi connectivity index (χ1v) is 10.6. The van der Waals surface area contributed by atoms with Gasteiger partial charge in [-0.25, -0.2) is 4.79 Å². The maximum Gasteiger partial charge on any atom is 0.332 e. The van der Waals surface area contributed by atoms with Crippen LogP contribution < -0.4 is 16.6 Å².